The molecule has 0 aromatic heterocycles. The number of thioether (sulfide) groups is 1. The van der Waals surface area contributed by atoms with Crippen molar-refractivity contribution in [3.63, 3.8) is 0 Å². The largest absolute Gasteiger partial charge is 0.332 e. The number of benzene rings is 1. The van der Waals surface area contributed by atoms with Crippen molar-refractivity contribution < 1.29 is 4.79 Å². The van der Waals surface area contributed by atoms with Crippen molar-refractivity contribution in [2.75, 3.05) is 18.4 Å². The predicted octanol–water partition coefficient (Wildman–Crippen LogP) is 6.28. The molecule has 0 radical (unpaired) electrons. The van der Waals surface area contributed by atoms with Crippen molar-refractivity contribution in [3.8, 4) is 0 Å². The van der Waals surface area contributed by atoms with Crippen LogP contribution in [0.25, 0.3) is 0 Å². The van der Waals surface area contributed by atoms with Gasteiger partial charge in [-0.3, -0.25) is 4.79 Å². The summed E-state index contributed by atoms with van der Waals surface area (Å²) in [6, 6.07) is 8.37. The fourth-order valence-electron chi connectivity index (χ4n) is 2.10. The van der Waals surface area contributed by atoms with Gasteiger partial charge in [-0.2, -0.15) is 0 Å². The Kier molecular flexibility index (Phi) is 9.76. The number of hydrogen-bond acceptors (Lipinski definition) is 2. The summed E-state index contributed by atoms with van der Waals surface area (Å²) < 4.78 is 0. The Morgan fingerprint density at radius 1 is 1.36 bits per heavy atom. The summed E-state index contributed by atoms with van der Waals surface area (Å²) in [5.74, 6) is 0.530. The van der Waals surface area contributed by atoms with Crippen molar-refractivity contribution in [1.29, 1.82) is 0 Å². The zero-order valence-corrected chi connectivity index (χ0v) is 17.5. The molecule has 0 aliphatic heterocycles. The summed E-state index contributed by atoms with van der Waals surface area (Å²) in [6.45, 7) is 8.04. The fraction of sp³-hybridized carbons (Fsp3) is 0.588. The van der Waals surface area contributed by atoms with Crippen LogP contribution >= 0.6 is 43.6 Å². The summed E-state index contributed by atoms with van der Waals surface area (Å²) >= 11 is 8.38. The zero-order valence-electron chi connectivity index (χ0n) is 13.5. The first-order valence-electron chi connectivity index (χ1n) is 7.78. The summed E-state index contributed by atoms with van der Waals surface area (Å²) in [7, 11) is 0. The molecule has 0 heterocycles. The summed E-state index contributed by atoms with van der Waals surface area (Å²) in [6.07, 6.45) is 2.09. The second-order valence-electron chi connectivity index (χ2n) is 5.45. The molecule has 0 aliphatic rings. The maximum Gasteiger partial charge on any atom is 0.286 e. The minimum Gasteiger partial charge on any atom is -0.332 e. The second kappa shape index (κ2) is 10.7. The highest BCUT2D eigenvalue weighted by Crippen LogP contribution is 2.27. The number of carbonyl (C=O) groups excluding carboxylic acids is 1. The number of halogens is 2. The average Bonchev–Trinajstić information content (AvgIpc) is 2.53. The van der Waals surface area contributed by atoms with Gasteiger partial charge in [-0.15, -0.1) is 0 Å². The molecule has 124 valence electrons. The molecule has 1 aromatic rings. The van der Waals surface area contributed by atoms with Crippen LogP contribution in [-0.2, 0) is 0 Å². The highest BCUT2D eigenvalue weighted by molar-refractivity contribution is 9.12. The number of carbonyl (C=O) groups is 1. The molecule has 1 unspecified atom stereocenters. The molecule has 0 saturated carbocycles. The Morgan fingerprint density at radius 2 is 2.09 bits per heavy atom. The van der Waals surface area contributed by atoms with Crippen LogP contribution < -0.4 is 0 Å². The van der Waals surface area contributed by atoms with Gasteiger partial charge in [0.15, 0.2) is 0 Å². The average molecular weight is 451 g/mol. The van der Waals surface area contributed by atoms with Crippen LogP contribution in [0.2, 0.25) is 0 Å². The Hall–Kier alpha value is 0. The van der Waals surface area contributed by atoms with Crippen LogP contribution in [0, 0.1) is 0 Å². The molecule has 0 aliphatic carbocycles. The smallest absolute Gasteiger partial charge is 0.286 e. The van der Waals surface area contributed by atoms with E-state index < -0.39 is 0 Å². The molecule has 0 spiro atoms. The van der Waals surface area contributed by atoms with Crippen LogP contribution in [0.3, 0.4) is 0 Å². The fourth-order valence-corrected chi connectivity index (χ4v) is 3.49. The molecular weight excluding hydrogens is 426 g/mol. The SMILES string of the molecule is CCCN(CC(Br)CBr)C(=O)Sc1cccc([C@@H](C)CC)c1. The molecule has 2 nitrogen and oxygen atoms in total. The summed E-state index contributed by atoms with van der Waals surface area (Å²) in [5, 5.41) is 0.975. The van der Waals surface area contributed by atoms with E-state index in [0.29, 0.717) is 5.92 Å². The standard InChI is InChI=1S/C17H25Br2NOS/c1-4-9-20(12-15(19)11-18)17(21)22-16-8-6-7-14(10-16)13(3)5-2/h6-8,10,13,15H,4-5,9,11-12H2,1-3H3/t13-,15?/m0/s1. The normalized spacial score (nSPS) is 13.7. The van der Waals surface area contributed by atoms with Crippen molar-refractivity contribution in [1.82, 2.24) is 4.90 Å². The van der Waals surface area contributed by atoms with Crippen molar-refractivity contribution in [2.24, 2.45) is 0 Å². The lowest BCUT2D eigenvalue weighted by molar-refractivity contribution is 0.224. The maximum atomic E-state index is 12.6. The number of rotatable bonds is 8. The van der Waals surface area contributed by atoms with Crippen LogP contribution in [0.4, 0.5) is 4.79 Å². The molecule has 22 heavy (non-hydrogen) atoms. The van der Waals surface area contributed by atoms with E-state index in [-0.39, 0.29) is 10.1 Å². The molecule has 0 fully saturated rings. The van der Waals surface area contributed by atoms with Gasteiger partial charge in [0.1, 0.15) is 0 Å². The summed E-state index contributed by atoms with van der Waals surface area (Å²) in [4.78, 5) is 15.8. The maximum absolute atomic E-state index is 12.6. The molecule has 1 amide bonds. The minimum absolute atomic E-state index is 0.133. The van der Waals surface area contributed by atoms with E-state index in [1.54, 1.807) is 0 Å². The van der Waals surface area contributed by atoms with E-state index in [1.807, 2.05) is 17.0 Å². The lowest BCUT2D eigenvalue weighted by atomic mass is 9.99. The van der Waals surface area contributed by atoms with E-state index >= 15 is 0 Å². The number of alkyl halides is 2. The van der Waals surface area contributed by atoms with E-state index in [2.05, 4.69) is 64.8 Å². The van der Waals surface area contributed by atoms with Crippen molar-refractivity contribution in [2.45, 2.75) is 49.3 Å². The topological polar surface area (TPSA) is 20.3 Å². The molecule has 0 bridgehead atoms. The molecule has 0 N–H and O–H groups in total. The van der Waals surface area contributed by atoms with Gasteiger partial charge in [-0.1, -0.05) is 64.8 Å². The van der Waals surface area contributed by atoms with Crippen LogP contribution in [0.15, 0.2) is 29.2 Å². The lowest BCUT2D eigenvalue weighted by Crippen LogP contribution is -2.34. The monoisotopic (exact) mass is 449 g/mol. The van der Waals surface area contributed by atoms with Gasteiger partial charge < -0.3 is 4.90 Å². The van der Waals surface area contributed by atoms with Gasteiger partial charge >= 0.3 is 0 Å². The van der Waals surface area contributed by atoms with Gasteiger partial charge in [-0.25, -0.2) is 0 Å². The van der Waals surface area contributed by atoms with Gasteiger partial charge in [-0.05, 0) is 48.2 Å². The lowest BCUT2D eigenvalue weighted by Gasteiger charge is -2.23. The first kappa shape index (κ1) is 20.0. The third kappa shape index (κ3) is 6.63. The number of hydrogen-bond donors (Lipinski definition) is 0. The molecular formula is C17H25Br2NOS. The van der Waals surface area contributed by atoms with Gasteiger partial charge in [0.05, 0.1) is 0 Å². The molecule has 1 aromatic carbocycles. The van der Waals surface area contributed by atoms with Gasteiger partial charge in [0.25, 0.3) is 5.24 Å². The second-order valence-corrected chi connectivity index (χ2v) is 8.41. The minimum atomic E-state index is 0.133. The molecule has 1 rings (SSSR count). The molecule has 5 heteroatoms. The van der Waals surface area contributed by atoms with E-state index in [9.17, 15) is 4.79 Å². The first-order valence-corrected chi connectivity index (χ1v) is 10.6. The van der Waals surface area contributed by atoms with E-state index in [1.165, 1.54) is 17.3 Å². The van der Waals surface area contributed by atoms with Crippen molar-refractivity contribution in [3.05, 3.63) is 29.8 Å². The molecule has 2 atom stereocenters. The van der Waals surface area contributed by atoms with Crippen LogP contribution in [0.1, 0.15) is 45.1 Å². The van der Waals surface area contributed by atoms with Crippen molar-refractivity contribution >= 4 is 48.9 Å². The number of amides is 1. The highest BCUT2D eigenvalue weighted by Gasteiger charge is 2.18. The first-order chi connectivity index (χ1) is 10.5. The third-order valence-electron chi connectivity index (χ3n) is 3.58. The van der Waals surface area contributed by atoms with E-state index in [0.717, 1.165) is 36.2 Å². The van der Waals surface area contributed by atoms with Crippen LogP contribution in [-0.4, -0.2) is 33.4 Å². The Bertz CT molecular complexity index is 470. The predicted molar refractivity (Wildman–Crippen MR) is 105 cm³/mol. The van der Waals surface area contributed by atoms with Gasteiger partial charge in [0.2, 0.25) is 0 Å². The molecule has 0 saturated heterocycles. The van der Waals surface area contributed by atoms with Gasteiger partial charge in [0, 0.05) is 28.1 Å². The quantitative estimate of drug-likeness (QED) is 0.343. The van der Waals surface area contributed by atoms with E-state index in [4.69, 9.17) is 0 Å². The zero-order chi connectivity index (χ0) is 16.5. The third-order valence-corrected chi connectivity index (χ3v) is 6.77. The Labute approximate surface area is 155 Å². The van der Waals surface area contributed by atoms with Crippen LogP contribution in [0.5, 0.6) is 0 Å². The Balaban J connectivity index is 2.76. The highest BCUT2D eigenvalue weighted by atomic mass is 79.9. The number of nitrogens with zero attached hydrogens (tertiary/aromatic N) is 1. The Morgan fingerprint density at radius 3 is 2.68 bits per heavy atom. The summed E-state index contributed by atoms with van der Waals surface area (Å²) in [5.41, 5.74) is 1.31.